The summed E-state index contributed by atoms with van der Waals surface area (Å²) < 4.78 is 0. The molecule has 2 rings (SSSR count). The zero-order valence-electron chi connectivity index (χ0n) is 11.3. The zero-order chi connectivity index (χ0) is 13.8. The lowest BCUT2D eigenvalue weighted by molar-refractivity contribution is 1.07. The number of aryl methyl sites for hydroxylation is 2. The molecule has 0 aliphatic heterocycles. The van der Waals surface area contributed by atoms with Gasteiger partial charge in [0.2, 0.25) is 5.95 Å². The fourth-order valence-electron chi connectivity index (χ4n) is 1.62. The number of hydrogen-bond acceptors (Lipinski definition) is 4. The van der Waals surface area contributed by atoms with Crippen molar-refractivity contribution in [2.24, 2.45) is 0 Å². The van der Waals surface area contributed by atoms with Crippen LogP contribution in [0.1, 0.15) is 18.1 Å². The van der Waals surface area contributed by atoms with Crippen LogP contribution in [0.15, 0.2) is 24.4 Å². The van der Waals surface area contributed by atoms with Gasteiger partial charge in [0.15, 0.2) is 0 Å². The number of anilines is 3. The number of hydrogen-bond donors (Lipinski definition) is 2. The Bertz CT molecular complexity index is 584. The molecule has 5 heteroatoms. The van der Waals surface area contributed by atoms with E-state index in [0.29, 0.717) is 5.95 Å². The van der Waals surface area contributed by atoms with Gasteiger partial charge in [-0.25, -0.2) is 4.98 Å². The van der Waals surface area contributed by atoms with Crippen molar-refractivity contribution >= 4 is 29.1 Å². The van der Waals surface area contributed by atoms with Crippen LogP contribution in [-0.4, -0.2) is 16.5 Å². The lowest BCUT2D eigenvalue weighted by Crippen LogP contribution is -2.05. The van der Waals surface area contributed by atoms with Crippen LogP contribution in [0.5, 0.6) is 0 Å². The quantitative estimate of drug-likeness (QED) is 0.889. The molecule has 0 bridgehead atoms. The third-order valence-corrected chi connectivity index (χ3v) is 3.15. The van der Waals surface area contributed by atoms with E-state index in [0.717, 1.165) is 34.2 Å². The summed E-state index contributed by atoms with van der Waals surface area (Å²) >= 11 is 6.12. The molecule has 2 N–H and O–H groups in total. The fourth-order valence-corrected chi connectivity index (χ4v) is 1.80. The van der Waals surface area contributed by atoms with E-state index in [1.807, 2.05) is 39.0 Å². The lowest BCUT2D eigenvalue weighted by atomic mass is 10.2. The predicted molar refractivity (Wildman–Crippen MR) is 80.4 cm³/mol. The summed E-state index contributed by atoms with van der Waals surface area (Å²) in [5, 5.41) is 7.10. The second-order valence-corrected chi connectivity index (χ2v) is 4.75. The molecule has 0 radical (unpaired) electrons. The van der Waals surface area contributed by atoms with Gasteiger partial charge in [-0.2, -0.15) is 4.98 Å². The molecule has 100 valence electrons. The standard InChI is InChI=1S/C14H17ClN4/c1-4-16-14-17-8-10(3)13(19-14)18-11-6-5-9(2)12(15)7-11/h5-8H,4H2,1-3H3,(H2,16,17,18,19). The van der Waals surface area contributed by atoms with Crippen molar-refractivity contribution in [1.82, 2.24) is 9.97 Å². The maximum atomic E-state index is 6.12. The van der Waals surface area contributed by atoms with Gasteiger partial charge in [-0.1, -0.05) is 17.7 Å². The van der Waals surface area contributed by atoms with E-state index in [2.05, 4.69) is 20.6 Å². The van der Waals surface area contributed by atoms with Crippen LogP contribution in [0.25, 0.3) is 0 Å². The maximum absolute atomic E-state index is 6.12. The lowest BCUT2D eigenvalue weighted by Gasteiger charge is -2.11. The molecule has 0 fully saturated rings. The van der Waals surface area contributed by atoms with Crippen molar-refractivity contribution in [2.75, 3.05) is 17.2 Å². The molecule has 0 amide bonds. The minimum atomic E-state index is 0.619. The SMILES string of the molecule is CCNc1ncc(C)c(Nc2ccc(C)c(Cl)c2)n1. The molecule has 1 heterocycles. The number of benzene rings is 1. The average molecular weight is 277 g/mol. The summed E-state index contributed by atoms with van der Waals surface area (Å²) in [5.41, 5.74) is 2.96. The monoisotopic (exact) mass is 276 g/mol. The number of rotatable bonds is 4. The van der Waals surface area contributed by atoms with Crippen LogP contribution in [-0.2, 0) is 0 Å². The van der Waals surface area contributed by atoms with E-state index < -0.39 is 0 Å². The third-order valence-electron chi connectivity index (χ3n) is 2.74. The topological polar surface area (TPSA) is 49.8 Å². The Labute approximate surface area is 118 Å². The third kappa shape index (κ3) is 3.35. The first-order valence-corrected chi connectivity index (χ1v) is 6.58. The summed E-state index contributed by atoms with van der Waals surface area (Å²) in [5.74, 6) is 1.40. The predicted octanol–water partition coefficient (Wildman–Crippen LogP) is 3.92. The molecule has 0 saturated heterocycles. The molecule has 0 aliphatic carbocycles. The van der Waals surface area contributed by atoms with Crippen molar-refractivity contribution in [3.05, 3.63) is 40.5 Å². The highest BCUT2D eigenvalue weighted by Gasteiger charge is 2.05. The highest BCUT2D eigenvalue weighted by Crippen LogP contribution is 2.24. The van der Waals surface area contributed by atoms with E-state index in [1.54, 1.807) is 6.20 Å². The molecule has 0 saturated carbocycles. The molecular weight excluding hydrogens is 260 g/mol. The van der Waals surface area contributed by atoms with Gasteiger partial charge < -0.3 is 10.6 Å². The Morgan fingerprint density at radius 3 is 2.68 bits per heavy atom. The Balaban J connectivity index is 2.26. The minimum Gasteiger partial charge on any atom is -0.354 e. The summed E-state index contributed by atoms with van der Waals surface area (Å²) in [6.07, 6.45) is 1.79. The largest absolute Gasteiger partial charge is 0.354 e. The molecular formula is C14H17ClN4. The molecule has 0 spiro atoms. The molecule has 1 aromatic heterocycles. The normalized spacial score (nSPS) is 10.3. The molecule has 19 heavy (non-hydrogen) atoms. The summed E-state index contributed by atoms with van der Waals surface area (Å²) in [4.78, 5) is 8.65. The van der Waals surface area contributed by atoms with Crippen molar-refractivity contribution in [1.29, 1.82) is 0 Å². The van der Waals surface area contributed by atoms with Crippen LogP contribution < -0.4 is 10.6 Å². The van der Waals surface area contributed by atoms with Crippen molar-refractivity contribution in [3.8, 4) is 0 Å². The van der Waals surface area contributed by atoms with E-state index in [-0.39, 0.29) is 0 Å². The van der Waals surface area contributed by atoms with Crippen molar-refractivity contribution < 1.29 is 0 Å². The first-order chi connectivity index (χ1) is 9.10. The maximum Gasteiger partial charge on any atom is 0.224 e. The zero-order valence-corrected chi connectivity index (χ0v) is 12.0. The second-order valence-electron chi connectivity index (χ2n) is 4.34. The summed E-state index contributed by atoms with van der Waals surface area (Å²) in [7, 11) is 0. The van der Waals surface area contributed by atoms with Gasteiger partial charge in [-0.05, 0) is 38.5 Å². The van der Waals surface area contributed by atoms with E-state index in [4.69, 9.17) is 11.6 Å². The average Bonchev–Trinajstić information content (AvgIpc) is 2.38. The Morgan fingerprint density at radius 2 is 2.00 bits per heavy atom. The number of nitrogens with zero attached hydrogens (tertiary/aromatic N) is 2. The molecule has 0 aliphatic rings. The van der Waals surface area contributed by atoms with Crippen LogP contribution in [0.3, 0.4) is 0 Å². The van der Waals surface area contributed by atoms with Gasteiger partial charge in [-0.3, -0.25) is 0 Å². The van der Waals surface area contributed by atoms with Crippen LogP contribution in [0.2, 0.25) is 5.02 Å². The molecule has 4 nitrogen and oxygen atoms in total. The smallest absolute Gasteiger partial charge is 0.224 e. The van der Waals surface area contributed by atoms with Crippen LogP contribution in [0, 0.1) is 13.8 Å². The highest BCUT2D eigenvalue weighted by molar-refractivity contribution is 6.31. The number of halogens is 1. The Kier molecular flexibility index (Phi) is 4.22. The van der Waals surface area contributed by atoms with E-state index >= 15 is 0 Å². The van der Waals surface area contributed by atoms with Crippen LogP contribution >= 0.6 is 11.6 Å². The van der Waals surface area contributed by atoms with Crippen molar-refractivity contribution in [3.63, 3.8) is 0 Å². The number of nitrogens with one attached hydrogen (secondary N) is 2. The second kappa shape index (κ2) is 5.89. The fraction of sp³-hybridized carbons (Fsp3) is 0.286. The Morgan fingerprint density at radius 1 is 1.21 bits per heavy atom. The minimum absolute atomic E-state index is 0.619. The van der Waals surface area contributed by atoms with Gasteiger partial charge in [0.1, 0.15) is 5.82 Å². The highest BCUT2D eigenvalue weighted by atomic mass is 35.5. The molecule has 0 unspecified atom stereocenters. The first-order valence-electron chi connectivity index (χ1n) is 6.21. The van der Waals surface area contributed by atoms with E-state index in [9.17, 15) is 0 Å². The van der Waals surface area contributed by atoms with E-state index in [1.165, 1.54) is 0 Å². The first kappa shape index (κ1) is 13.6. The summed E-state index contributed by atoms with van der Waals surface area (Å²) in [6, 6.07) is 5.85. The van der Waals surface area contributed by atoms with Gasteiger partial charge >= 0.3 is 0 Å². The van der Waals surface area contributed by atoms with Gasteiger partial charge in [0, 0.05) is 29.0 Å². The van der Waals surface area contributed by atoms with Gasteiger partial charge in [-0.15, -0.1) is 0 Å². The van der Waals surface area contributed by atoms with Crippen LogP contribution in [0.4, 0.5) is 17.5 Å². The van der Waals surface area contributed by atoms with Gasteiger partial charge in [0.05, 0.1) is 0 Å². The summed E-state index contributed by atoms with van der Waals surface area (Å²) in [6.45, 7) is 6.74. The number of aromatic nitrogens is 2. The molecule has 1 aromatic carbocycles. The molecule has 0 atom stereocenters. The molecule has 2 aromatic rings. The van der Waals surface area contributed by atoms with Gasteiger partial charge in [0.25, 0.3) is 0 Å². The Hall–Kier alpha value is -1.81. The van der Waals surface area contributed by atoms with Crippen molar-refractivity contribution in [2.45, 2.75) is 20.8 Å².